The molecule has 0 spiro atoms. The summed E-state index contributed by atoms with van der Waals surface area (Å²) in [6, 6.07) is 12.4. The van der Waals surface area contributed by atoms with Crippen molar-refractivity contribution < 1.29 is 28.6 Å². The summed E-state index contributed by atoms with van der Waals surface area (Å²) in [5, 5.41) is 11.2. The molecule has 1 N–H and O–H groups in total. The van der Waals surface area contributed by atoms with Crippen molar-refractivity contribution in [2.45, 2.75) is 6.04 Å². The second kappa shape index (κ2) is 7.81. The third kappa shape index (κ3) is 3.26. The smallest absolute Gasteiger partial charge is 0.300 e. The van der Waals surface area contributed by atoms with E-state index in [1.807, 2.05) is 0 Å². The number of aliphatic hydroxyl groups is 1. The molecule has 1 saturated heterocycles. The van der Waals surface area contributed by atoms with E-state index in [9.17, 15) is 19.1 Å². The number of amides is 1. The predicted molar refractivity (Wildman–Crippen MR) is 113 cm³/mol. The number of anilines is 1. The largest absolute Gasteiger partial charge is 0.507 e. The molecular weight excluding hydrogens is 415 g/mol. The molecule has 2 aromatic carbocycles. The molecule has 3 heterocycles. The van der Waals surface area contributed by atoms with E-state index in [1.165, 1.54) is 41.6 Å². The molecule has 1 atom stereocenters. The highest BCUT2D eigenvalue weighted by Crippen LogP contribution is 2.43. The molecule has 0 radical (unpaired) electrons. The van der Waals surface area contributed by atoms with E-state index in [4.69, 9.17) is 9.47 Å². The molecule has 1 aromatic heterocycles. The Kier molecular flexibility index (Phi) is 4.82. The molecule has 5 rings (SSSR count). The van der Waals surface area contributed by atoms with Crippen molar-refractivity contribution in [3.05, 3.63) is 89.5 Å². The van der Waals surface area contributed by atoms with E-state index in [2.05, 4.69) is 4.98 Å². The lowest BCUT2D eigenvalue weighted by atomic mass is 9.95. The van der Waals surface area contributed by atoms with E-state index in [-0.39, 0.29) is 11.3 Å². The Morgan fingerprint density at radius 2 is 1.66 bits per heavy atom. The third-order valence-corrected chi connectivity index (χ3v) is 5.39. The van der Waals surface area contributed by atoms with E-state index in [0.29, 0.717) is 41.5 Å². The normalized spacial score (nSPS) is 19.3. The lowest BCUT2D eigenvalue weighted by Crippen LogP contribution is -2.29. The van der Waals surface area contributed by atoms with Gasteiger partial charge in [-0.05, 0) is 60.2 Å². The molecule has 8 heteroatoms. The molecule has 3 aromatic rings. The summed E-state index contributed by atoms with van der Waals surface area (Å²) in [7, 11) is 0. The standard InChI is InChI=1S/C24H17FN2O5/c25-16-2-4-17(5-3-16)27-21(14-7-9-26-10-8-14)20(23(29)24(27)30)22(28)15-1-6-18-19(13-15)32-12-11-31-18/h1-10,13,21,28H,11-12H2/b22-20-. The zero-order chi connectivity index (χ0) is 22.2. The summed E-state index contributed by atoms with van der Waals surface area (Å²) >= 11 is 0. The molecule has 0 saturated carbocycles. The van der Waals surface area contributed by atoms with Crippen LogP contribution < -0.4 is 14.4 Å². The van der Waals surface area contributed by atoms with Gasteiger partial charge in [-0.2, -0.15) is 0 Å². The van der Waals surface area contributed by atoms with E-state index >= 15 is 0 Å². The van der Waals surface area contributed by atoms with Gasteiger partial charge < -0.3 is 14.6 Å². The van der Waals surface area contributed by atoms with Crippen molar-refractivity contribution in [3.63, 3.8) is 0 Å². The number of pyridine rings is 1. The summed E-state index contributed by atoms with van der Waals surface area (Å²) in [5.74, 6) is -1.51. The first kappa shape index (κ1) is 19.7. The number of ketones is 1. The number of carbonyl (C=O) groups excluding carboxylic acids is 2. The van der Waals surface area contributed by atoms with Gasteiger partial charge in [-0.1, -0.05) is 0 Å². The summed E-state index contributed by atoms with van der Waals surface area (Å²) in [4.78, 5) is 31.4. The fraction of sp³-hybridized carbons (Fsp3) is 0.125. The molecule has 7 nitrogen and oxygen atoms in total. The van der Waals surface area contributed by atoms with Crippen LogP contribution in [0.25, 0.3) is 5.76 Å². The molecule has 0 aliphatic carbocycles. The van der Waals surface area contributed by atoms with Crippen LogP contribution in [0.15, 0.2) is 72.6 Å². The molecule has 2 aliphatic heterocycles. The van der Waals surface area contributed by atoms with Crippen LogP contribution in [0.4, 0.5) is 10.1 Å². The molecular formula is C24H17FN2O5. The number of hydrogen-bond acceptors (Lipinski definition) is 6. The Balaban J connectivity index is 1.68. The second-order valence-electron chi connectivity index (χ2n) is 7.28. The van der Waals surface area contributed by atoms with E-state index in [1.54, 1.807) is 30.3 Å². The molecule has 0 bridgehead atoms. The SMILES string of the molecule is O=C1C(=O)N(c2ccc(F)cc2)C(c2ccncc2)/C1=C(/O)c1ccc2c(c1)OCCO2. The molecule has 32 heavy (non-hydrogen) atoms. The Morgan fingerprint density at radius 3 is 2.38 bits per heavy atom. The number of aliphatic hydroxyl groups excluding tert-OH is 1. The van der Waals surface area contributed by atoms with Gasteiger partial charge in [-0.15, -0.1) is 0 Å². The Labute approximate surface area is 182 Å². The number of rotatable bonds is 3. The molecule has 1 fully saturated rings. The van der Waals surface area contributed by atoms with Crippen LogP contribution in [0, 0.1) is 5.82 Å². The molecule has 1 unspecified atom stereocenters. The van der Waals surface area contributed by atoms with E-state index < -0.39 is 23.5 Å². The highest BCUT2D eigenvalue weighted by Gasteiger charge is 2.47. The van der Waals surface area contributed by atoms with Gasteiger partial charge in [0, 0.05) is 23.6 Å². The van der Waals surface area contributed by atoms with Crippen LogP contribution in [0.2, 0.25) is 0 Å². The first-order valence-corrected chi connectivity index (χ1v) is 9.91. The summed E-state index contributed by atoms with van der Waals surface area (Å²) in [6.07, 6.45) is 3.06. The van der Waals surface area contributed by atoms with Crippen LogP contribution in [0.5, 0.6) is 11.5 Å². The number of nitrogens with zero attached hydrogens (tertiary/aromatic N) is 2. The first-order chi connectivity index (χ1) is 15.5. The van der Waals surface area contributed by atoms with Gasteiger partial charge in [0.1, 0.15) is 24.8 Å². The maximum absolute atomic E-state index is 13.5. The van der Waals surface area contributed by atoms with Crippen LogP contribution in [0.3, 0.4) is 0 Å². The van der Waals surface area contributed by atoms with Crippen LogP contribution in [0.1, 0.15) is 17.2 Å². The fourth-order valence-electron chi connectivity index (χ4n) is 3.91. The Hall–Kier alpha value is -4.20. The highest BCUT2D eigenvalue weighted by molar-refractivity contribution is 6.51. The summed E-state index contributed by atoms with van der Waals surface area (Å²) in [5.41, 5.74) is 1.13. The highest BCUT2D eigenvalue weighted by atomic mass is 19.1. The Bertz CT molecular complexity index is 1240. The third-order valence-electron chi connectivity index (χ3n) is 5.39. The average molecular weight is 432 g/mol. The minimum atomic E-state index is -0.920. The van der Waals surface area contributed by atoms with Crippen molar-refractivity contribution in [1.29, 1.82) is 0 Å². The van der Waals surface area contributed by atoms with Crippen molar-refractivity contribution in [1.82, 2.24) is 4.98 Å². The van der Waals surface area contributed by atoms with Gasteiger partial charge in [0.15, 0.2) is 11.5 Å². The number of benzene rings is 2. The van der Waals surface area contributed by atoms with Gasteiger partial charge in [0.2, 0.25) is 0 Å². The number of hydrogen-bond donors (Lipinski definition) is 1. The first-order valence-electron chi connectivity index (χ1n) is 9.91. The summed E-state index contributed by atoms with van der Waals surface area (Å²) in [6.45, 7) is 0.784. The topological polar surface area (TPSA) is 89.0 Å². The molecule has 2 aliphatic rings. The van der Waals surface area contributed by atoms with Gasteiger partial charge in [-0.3, -0.25) is 19.5 Å². The van der Waals surface area contributed by atoms with Crippen LogP contribution >= 0.6 is 0 Å². The lowest BCUT2D eigenvalue weighted by molar-refractivity contribution is -0.132. The van der Waals surface area contributed by atoms with Crippen LogP contribution in [-0.2, 0) is 9.59 Å². The van der Waals surface area contributed by atoms with Crippen molar-refractivity contribution >= 4 is 23.1 Å². The molecule has 1 amide bonds. The zero-order valence-electron chi connectivity index (χ0n) is 16.7. The number of halogens is 1. The monoisotopic (exact) mass is 432 g/mol. The van der Waals surface area contributed by atoms with Gasteiger partial charge in [-0.25, -0.2) is 4.39 Å². The Morgan fingerprint density at radius 1 is 0.969 bits per heavy atom. The minimum absolute atomic E-state index is 0.0813. The minimum Gasteiger partial charge on any atom is -0.507 e. The van der Waals surface area contributed by atoms with Crippen molar-refractivity contribution in [2.24, 2.45) is 0 Å². The second-order valence-corrected chi connectivity index (χ2v) is 7.28. The van der Waals surface area contributed by atoms with Crippen LogP contribution in [-0.4, -0.2) is 35.0 Å². The van der Waals surface area contributed by atoms with Crippen molar-refractivity contribution in [2.75, 3.05) is 18.1 Å². The number of Topliss-reactive ketones (excluding diaryl/α,β-unsaturated/α-hetero) is 1. The number of aromatic nitrogens is 1. The predicted octanol–water partition coefficient (Wildman–Crippen LogP) is 3.62. The maximum Gasteiger partial charge on any atom is 0.300 e. The summed E-state index contributed by atoms with van der Waals surface area (Å²) < 4.78 is 24.6. The maximum atomic E-state index is 13.5. The fourth-order valence-corrected chi connectivity index (χ4v) is 3.91. The zero-order valence-corrected chi connectivity index (χ0v) is 16.7. The number of fused-ring (bicyclic) bond motifs is 1. The quantitative estimate of drug-likeness (QED) is 0.386. The van der Waals surface area contributed by atoms with Gasteiger partial charge >= 0.3 is 0 Å². The van der Waals surface area contributed by atoms with Gasteiger partial charge in [0.25, 0.3) is 11.7 Å². The van der Waals surface area contributed by atoms with E-state index in [0.717, 1.165) is 0 Å². The lowest BCUT2D eigenvalue weighted by Gasteiger charge is -2.25. The van der Waals surface area contributed by atoms with Crippen molar-refractivity contribution in [3.8, 4) is 11.5 Å². The molecule has 160 valence electrons. The van der Waals surface area contributed by atoms with Gasteiger partial charge in [0.05, 0.1) is 11.6 Å². The number of carbonyl (C=O) groups is 2. The average Bonchev–Trinajstić information content (AvgIpc) is 3.10. The number of ether oxygens (including phenoxy) is 2.